The van der Waals surface area contributed by atoms with Crippen LogP contribution in [0.1, 0.15) is 46.5 Å². The lowest BCUT2D eigenvalue weighted by molar-refractivity contribution is 0.0238. The van der Waals surface area contributed by atoms with E-state index in [4.69, 9.17) is 9.47 Å². The molecular weight excluding hydrogens is 183 g/mol. The van der Waals surface area contributed by atoms with Gasteiger partial charge in [0, 0.05) is 0 Å². The van der Waals surface area contributed by atoms with Crippen molar-refractivity contribution < 1.29 is 13.9 Å². The Hall–Kier alpha value is -0.730. The molecule has 0 aliphatic heterocycles. The molecular formula is C11H21FO2. The number of halogens is 1. The molecule has 14 heavy (non-hydrogen) atoms. The summed E-state index contributed by atoms with van der Waals surface area (Å²) in [7, 11) is 0. The van der Waals surface area contributed by atoms with E-state index in [0.29, 0.717) is 13.2 Å². The summed E-state index contributed by atoms with van der Waals surface area (Å²) in [6, 6.07) is 0. The topological polar surface area (TPSA) is 18.5 Å². The second kappa shape index (κ2) is 8.85. The van der Waals surface area contributed by atoms with E-state index in [2.05, 4.69) is 13.8 Å². The Kier molecular flexibility index (Phi) is 8.39. The Morgan fingerprint density at radius 1 is 1.00 bits per heavy atom. The number of rotatable bonds is 8. The number of hydrogen-bond acceptors (Lipinski definition) is 2. The van der Waals surface area contributed by atoms with Crippen molar-refractivity contribution in [3.05, 3.63) is 11.8 Å². The van der Waals surface area contributed by atoms with E-state index in [9.17, 15) is 4.39 Å². The van der Waals surface area contributed by atoms with Crippen LogP contribution in [-0.4, -0.2) is 13.2 Å². The van der Waals surface area contributed by atoms with Gasteiger partial charge in [-0.05, 0) is 19.8 Å². The van der Waals surface area contributed by atoms with Crippen LogP contribution in [0.15, 0.2) is 11.8 Å². The molecule has 3 heteroatoms. The standard InChI is InChI=1S/C11H21FO2/c1-4-6-8-13-11(10(3)12)14-9-7-5-2/h4-9H2,1-3H3. The fraction of sp³-hybridized carbons (Fsp3) is 0.818. The van der Waals surface area contributed by atoms with Gasteiger partial charge in [-0.1, -0.05) is 26.7 Å². The summed E-state index contributed by atoms with van der Waals surface area (Å²) in [5.41, 5.74) is 0. The molecule has 0 radical (unpaired) electrons. The first-order valence-corrected chi connectivity index (χ1v) is 5.34. The third-order valence-corrected chi connectivity index (χ3v) is 1.74. The van der Waals surface area contributed by atoms with Crippen molar-refractivity contribution in [2.75, 3.05) is 13.2 Å². The van der Waals surface area contributed by atoms with Crippen LogP contribution in [0.25, 0.3) is 0 Å². The third-order valence-electron chi connectivity index (χ3n) is 1.74. The molecule has 0 aromatic heterocycles. The monoisotopic (exact) mass is 204 g/mol. The minimum atomic E-state index is -0.378. The minimum absolute atomic E-state index is 0.0619. The highest BCUT2D eigenvalue weighted by atomic mass is 19.1. The van der Waals surface area contributed by atoms with Gasteiger partial charge in [0.25, 0.3) is 0 Å². The van der Waals surface area contributed by atoms with Gasteiger partial charge in [0.05, 0.1) is 13.2 Å². The van der Waals surface area contributed by atoms with Crippen LogP contribution in [0.3, 0.4) is 0 Å². The minimum Gasteiger partial charge on any atom is -0.464 e. The predicted molar refractivity (Wildman–Crippen MR) is 55.5 cm³/mol. The Balaban J connectivity index is 3.75. The number of ether oxygens (including phenoxy) is 2. The predicted octanol–water partition coefficient (Wildman–Crippen LogP) is 3.78. The Labute approximate surface area is 86.1 Å². The van der Waals surface area contributed by atoms with Gasteiger partial charge in [-0.25, -0.2) is 4.39 Å². The van der Waals surface area contributed by atoms with Crippen molar-refractivity contribution in [1.29, 1.82) is 0 Å². The molecule has 0 saturated heterocycles. The molecule has 0 saturated carbocycles. The smallest absolute Gasteiger partial charge is 0.311 e. The van der Waals surface area contributed by atoms with Gasteiger partial charge in [0.2, 0.25) is 0 Å². The van der Waals surface area contributed by atoms with Gasteiger partial charge in [-0.15, -0.1) is 0 Å². The van der Waals surface area contributed by atoms with E-state index in [1.807, 2.05) is 0 Å². The van der Waals surface area contributed by atoms with E-state index >= 15 is 0 Å². The second-order valence-electron chi connectivity index (χ2n) is 3.22. The summed E-state index contributed by atoms with van der Waals surface area (Å²) in [4.78, 5) is 0. The summed E-state index contributed by atoms with van der Waals surface area (Å²) >= 11 is 0. The molecule has 0 unspecified atom stereocenters. The molecule has 0 heterocycles. The molecule has 0 fully saturated rings. The summed E-state index contributed by atoms with van der Waals surface area (Å²) in [6.45, 7) is 6.53. The van der Waals surface area contributed by atoms with E-state index in [0.717, 1.165) is 25.7 Å². The van der Waals surface area contributed by atoms with Crippen molar-refractivity contribution in [1.82, 2.24) is 0 Å². The molecule has 0 bridgehead atoms. The van der Waals surface area contributed by atoms with Crippen molar-refractivity contribution >= 4 is 0 Å². The zero-order chi connectivity index (χ0) is 10.8. The molecule has 0 atom stereocenters. The summed E-state index contributed by atoms with van der Waals surface area (Å²) in [6.07, 6.45) is 3.92. The molecule has 84 valence electrons. The lowest BCUT2D eigenvalue weighted by atomic mass is 10.4. The fourth-order valence-corrected chi connectivity index (χ4v) is 0.859. The van der Waals surface area contributed by atoms with Crippen molar-refractivity contribution in [2.24, 2.45) is 0 Å². The van der Waals surface area contributed by atoms with Gasteiger partial charge < -0.3 is 9.47 Å². The first-order chi connectivity index (χ1) is 6.72. The first kappa shape index (κ1) is 13.3. The maximum Gasteiger partial charge on any atom is 0.311 e. The van der Waals surface area contributed by atoms with Crippen LogP contribution in [-0.2, 0) is 9.47 Å². The van der Waals surface area contributed by atoms with Crippen molar-refractivity contribution in [3.63, 3.8) is 0 Å². The molecule has 0 aliphatic carbocycles. The molecule has 0 aromatic rings. The van der Waals surface area contributed by atoms with Gasteiger partial charge in [-0.2, -0.15) is 0 Å². The van der Waals surface area contributed by atoms with Crippen LogP contribution < -0.4 is 0 Å². The molecule has 0 rings (SSSR count). The summed E-state index contributed by atoms with van der Waals surface area (Å²) in [5, 5.41) is 0. The SMILES string of the molecule is CCCCOC(OCCCC)=C(C)F. The normalized spacial score (nSPS) is 9.71. The molecule has 0 amide bonds. The fourth-order valence-electron chi connectivity index (χ4n) is 0.859. The Morgan fingerprint density at radius 3 is 1.71 bits per heavy atom. The largest absolute Gasteiger partial charge is 0.464 e. The van der Waals surface area contributed by atoms with E-state index < -0.39 is 0 Å². The zero-order valence-corrected chi connectivity index (χ0v) is 9.44. The van der Waals surface area contributed by atoms with Gasteiger partial charge >= 0.3 is 5.95 Å². The maximum atomic E-state index is 12.9. The number of hydrogen-bond donors (Lipinski definition) is 0. The van der Waals surface area contributed by atoms with Gasteiger partial charge in [0.1, 0.15) is 0 Å². The van der Waals surface area contributed by atoms with Crippen LogP contribution in [0.2, 0.25) is 0 Å². The highest BCUT2D eigenvalue weighted by molar-refractivity contribution is 4.88. The first-order valence-electron chi connectivity index (χ1n) is 5.34. The second-order valence-corrected chi connectivity index (χ2v) is 3.22. The van der Waals surface area contributed by atoms with E-state index in [1.165, 1.54) is 6.92 Å². The Morgan fingerprint density at radius 2 is 1.43 bits per heavy atom. The zero-order valence-electron chi connectivity index (χ0n) is 9.44. The lowest BCUT2D eigenvalue weighted by Crippen LogP contribution is -2.02. The number of allylic oxidation sites excluding steroid dienone is 1. The average Bonchev–Trinajstić information content (AvgIpc) is 2.15. The average molecular weight is 204 g/mol. The van der Waals surface area contributed by atoms with Crippen LogP contribution >= 0.6 is 0 Å². The number of unbranched alkanes of at least 4 members (excludes halogenated alkanes) is 2. The maximum absolute atomic E-state index is 12.9. The molecule has 2 nitrogen and oxygen atoms in total. The van der Waals surface area contributed by atoms with Crippen molar-refractivity contribution in [2.45, 2.75) is 46.5 Å². The third kappa shape index (κ3) is 6.75. The van der Waals surface area contributed by atoms with Crippen LogP contribution in [0, 0.1) is 0 Å². The van der Waals surface area contributed by atoms with Crippen LogP contribution in [0.4, 0.5) is 4.39 Å². The highest BCUT2D eigenvalue weighted by Gasteiger charge is 2.04. The molecule has 0 aliphatic rings. The summed E-state index contributed by atoms with van der Waals surface area (Å²) < 4.78 is 23.2. The summed E-state index contributed by atoms with van der Waals surface area (Å²) in [5.74, 6) is -0.316. The molecule has 0 spiro atoms. The van der Waals surface area contributed by atoms with Gasteiger partial charge in [0.15, 0.2) is 5.83 Å². The molecule has 0 aromatic carbocycles. The Bertz CT molecular complexity index is 151. The quantitative estimate of drug-likeness (QED) is 0.442. The lowest BCUT2D eigenvalue weighted by Gasteiger charge is -2.11. The van der Waals surface area contributed by atoms with Crippen molar-refractivity contribution in [3.8, 4) is 0 Å². The van der Waals surface area contributed by atoms with Gasteiger partial charge in [-0.3, -0.25) is 0 Å². The van der Waals surface area contributed by atoms with Crippen LogP contribution in [0.5, 0.6) is 0 Å². The van der Waals surface area contributed by atoms with E-state index in [1.54, 1.807) is 0 Å². The molecule has 0 N–H and O–H groups in total. The van der Waals surface area contributed by atoms with E-state index in [-0.39, 0.29) is 11.8 Å². The highest BCUT2D eigenvalue weighted by Crippen LogP contribution is 2.10.